The Morgan fingerprint density at radius 3 is 2.56 bits per heavy atom. The minimum Gasteiger partial charge on any atom is -0.444 e. The molecule has 2 atom stereocenters. The molecule has 2 aliphatic rings. The zero-order chi connectivity index (χ0) is 26.2. The second-order valence-corrected chi connectivity index (χ2v) is 12.8. The van der Waals surface area contributed by atoms with E-state index in [0.29, 0.717) is 19.0 Å². The number of aryl methyl sites for hydroxylation is 1. The molecule has 0 unspecified atom stereocenters. The molecule has 2 amide bonds. The van der Waals surface area contributed by atoms with E-state index in [9.17, 15) is 9.59 Å². The lowest BCUT2D eigenvalue weighted by Gasteiger charge is -2.38. The molecule has 1 aliphatic carbocycles. The molecular weight excluding hydrogens is 610 g/mol. The molecule has 2 heterocycles. The Bertz CT molecular complexity index is 1160. The Labute approximate surface area is 234 Å². The van der Waals surface area contributed by atoms with E-state index in [0.717, 1.165) is 45.3 Å². The molecule has 1 aromatic heterocycles. The molecular formula is C27H32Br2ClN3O3. The van der Waals surface area contributed by atoms with Crippen molar-refractivity contribution < 1.29 is 14.3 Å². The zero-order valence-electron chi connectivity index (χ0n) is 21.0. The number of fused-ring (bicyclic) bond motifs is 2. The van der Waals surface area contributed by atoms with Crippen molar-refractivity contribution in [3.05, 3.63) is 60.7 Å². The van der Waals surface area contributed by atoms with Gasteiger partial charge in [-0.15, -0.1) is 0 Å². The summed E-state index contributed by atoms with van der Waals surface area (Å²) >= 11 is 13.8. The monoisotopic (exact) mass is 639 g/mol. The molecule has 1 fully saturated rings. The SMILES string of the molecule is C[C@@H](NC(=O)OC(C)(C)C)C(=O)N1CCC([C@H]2c3ccc(Cl)c(Br)c3CCc3cc(Br)cnc32)CC1. The number of pyridine rings is 1. The number of nitrogens with zero attached hydrogens (tertiary/aromatic N) is 2. The minimum absolute atomic E-state index is 0.0856. The largest absolute Gasteiger partial charge is 0.444 e. The first-order valence-corrected chi connectivity index (χ1v) is 14.3. The average Bonchev–Trinajstić information content (AvgIpc) is 2.96. The van der Waals surface area contributed by atoms with Crippen molar-refractivity contribution in [2.75, 3.05) is 13.1 Å². The van der Waals surface area contributed by atoms with Gasteiger partial charge < -0.3 is 15.0 Å². The van der Waals surface area contributed by atoms with E-state index in [-0.39, 0.29) is 11.8 Å². The van der Waals surface area contributed by atoms with Gasteiger partial charge in [0.1, 0.15) is 11.6 Å². The third kappa shape index (κ3) is 6.08. The maximum atomic E-state index is 13.1. The number of carbonyl (C=O) groups excluding carboxylic acids is 2. The van der Waals surface area contributed by atoms with Gasteiger partial charge in [-0.2, -0.15) is 0 Å². The van der Waals surface area contributed by atoms with Crippen molar-refractivity contribution in [2.24, 2.45) is 5.92 Å². The van der Waals surface area contributed by atoms with Crippen LogP contribution < -0.4 is 5.32 Å². The number of benzene rings is 1. The third-order valence-corrected chi connectivity index (χ3v) is 8.78. The number of piperidine rings is 1. The Kier molecular flexibility index (Phi) is 8.37. The number of ether oxygens (including phenoxy) is 1. The van der Waals surface area contributed by atoms with Crippen LogP contribution in [0, 0.1) is 5.92 Å². The van der Waals surface area contributed by atoms with Crippen molar-refractivity contribution in [2.45, 2.75) is 70.9 Å². The van der Waals surface area contributed by atoms with E-state index in [2.05, 4.69) is 49.3 Å². The topological polar surface area (TPSA) is 71.5 Å². The number of nitrogens with one attached hydrogen (secondary N) is 1. The Hall–Kier alpha value is -1.64. The summed E-state index contributed by atoms with van der Waals surface area (Å²) in [6, 6.07) is 5.65. The van der Waals surface area contributed by atoms with E-state index in [4.69, 9.17) is 21.3 Å². The Balaban J connectivity index is 1.52. The number of aromatic nitrogens is 1. The number of alkyl carbamates (subject to hydrolysis) is 1. The summed E-state index contributed by atoms with van der Waals surface area (Å²) in [6.45, 7) is 8.38. The first-order valence-electron chi connectivity index (χ1n) is 12.3. The van der Waals surface area contributed by atoms with E-state index >= 15 is 0 Å². The molecule has 1 aliphatic heterocycles. The fourth-order valence-corrected chi connectivity index (χ4v) is 6.40. The first-order chi connectivity index (χ1) is 16.9. The number of likely N-dealkylation sites (tertiary alicyclic amines) is 1. The number of rotatable bonds is 3. The number of halogens is 3. The summed E-state index contributed by atoms with van der Waals surface area (Å²) < 4.78 is 7.25. The summed E-state index contributed by atoms with van der Waals surface area (Å²) in [5.41, 5.74) is 4.28. The number of carbonyl (C=O) groups is 2. The van der Waals surface area contributed by atoms with Gasteiger partial charge in [-0.3, -0.25) is 9.78 Å². The lowest BCUT2D eigenvalue weighted by Crippen LogP contribution is -2.50. The van der Waals surface area contributed by atoms with Crippen LogP contribution in [0.25, 0.3) is 0 Å². The predicted octanol–water partition coefficient (Wildman–Crippen LogP) is 6.64. The van der Waals surface area contributed by atoms with Gasteiger partial charge in [0.2, 0.25) is 5.91 Å². The lowest BCUT2D eigenvalue weighted by molar-refractivity contribution is -0.134. The highest BCUT2D eigenvalue weighted by Crippen LogP contribution is 2.45. The molecule has 1 saturated heterocycles. The first kappa shape index (κ1) is 27.4. The highest BCUT2D eigenvalue weighted by molar-refractivity contribution is 9.10. The summed E-state index contributed by atoms with van der Waals surface area (Å²) in [5, 5.41) is 3.40. The summed E-state index contributed by atoms with van der Waals surface area (Å²) in [7, 11) is 0. The second-order valence-electron chi connectivity index (χ2n) is 10.6. The minimum atomic E-state index is -0.646. The van der Waals surface area contributed by atoms with E-state index in [1.165, 1.54) is 16.7 Å². The molecule has 36 heavy (non-hydrogen) atoms. The molecule has 1 N–H and O–H groups in total. The maximum absolute atomic E-state index is 13.1. The third-order valence-electron chi connectivity index (χ3n) is 6.90. The number of amides is 2. The number of hydrogen-bond acceptors (Lipinski definition) is 4. The van der Waals surface area contributed by atoms with Crippen molar-refractivity contribution >= 4 is 55.5 Å². The standard InChI is InChI=1S/C27H32Br2ClN3O3/c1-15(32-26(35)36-27(2,3)4)25(34)33-11-9-16(10-12-33)22-19-7-8-21(30)23(29)20(19)6-5-17-13-18(28)14-31-24(17)22/h7-8,13-16,22H,5-6,9-12H2,1-4H3,(H,32,35)/t15-,22+/m1/s1. The molecule has 0 radical (unpaired) electrons. The van der Waals surface area contributed by atoms with Crippen molar-refractivity contribution in [3.8, 4) is 0 Å². The molecule has 0 saturated carbocycles. The fourth-order valence-electron chi connectivity index (χ4n) is 5.28. The van der Waals surface area contributed by atoms with Crippen LogP contribution in [-0.4, -0.2) is 46.6 Å². The molecule has 0 spiro atoms. The van der Waals surface area contributed by atoms with Gasteiger partial charge in [-0.1, -0.05) is 17.7 Å². The van der Waals surface area contributed by atoms with E-state index in [1.54, 1.807) is 27.7 Å². The quantitative estimate of drug-likeness (QED) is 0.408. The fraction of sp³-hybridized carbons (Fsp3) is 0.519. The Morgan fingerprint density at radius 2 is 1.89 bits per heavy atom. The lowest BCUT2D eigenvalue weighted by atomic mass is 9.76. The number of hydrogen-bond donors (Lipinski definition) is 1. The second kappa shape index (κ2) is 11.0. The molecule has 9 heteroatoms. The van der Waals surface area contributed by atoms with Crippen LogP contribution in [-0.2, 0) is 22.4 Å². The van der Waals surface area contributed by atoms with Crippen LogP contribution in [0.4, 0.5) is 4.79 Å². The highest BCUT2D eigenvalue weighted by atomic mass is 79.9. The van der Waals surface area contributed by atoms with Gasteiger partial charge >= 0.3 is 6.09 Å². The van der Waals surface area contributed by atoms with Gasteiger partial charge in [-0.25, -0.2) is 4.79 Å². The molecule has 6 nitrogen and oxygen atoms in total. The Morgan fingerprint density at radius 1 is 1.19 bits per heavy atom. The van der Waals surface area contributed by atoms with Crippen LogP contribution in [0.5, 0.6) is 0 Å². The van der Waals surface area contributed by atoms with Crippen LogP contribution in [0.2, 0.25) is 5.02 Å². The smallest absolute Gasteiger partial charge is 0.408 e. The van der Waals surface area contributed by atoms with E-state index < -0.39 is 17.7 Å². The summed E-state index contributed by atoms with van der Waals surface area (Å²) in [5.74, 6) is 0.381. The van der Waals surface area contributed by atoms with Gasteiger partial charge in [0.25, 0.3) is 0 Å². The van der Waals surface area contributed by atoms with Gasteiger partial charge in [-0.05, 0) is 120 Å². The van der Waals surface area contributed by atoms with Gasteiger partial charge in [0.05, 0.1) is 10.7 Å². The molecule has 2 aromatic rings. The highest BCUT2D eigenvalue weighted by Gasteiger charge is 2.36. The normalized spacial score (nSPS) is 19.1. The van der Waals surface area contributed by atoms with Crippen LogP contribution in [0.15, 0.2) is 33.3 Å². The zero-order valence-corrected chi connectivity index (χ0v) is 25.0. The summed E-state index contributed by atoms with van der Waals surface area (Å²) in [6.07, 6.45) is 4.80. The van der Waals surface area contributed by atoms with Crippen LogP contribution >= 0.6 is 43.5 Å². The molecule has 1 aromatic carbocycles. The van der Waals surface area contributed by atoms with Crippen molar-refractivity contribution in [1.82, 2.24) is 15.2 Å². The van der Waals surface area contributed by atoms with Crippen LogP contribution in [0.3, 0.4) is 0 Å². The van der Waals surface area contributed by atoms with Crippen LogP contribution in [0.1, 0.15) is 68.8 Å². The molecule has 0 bridgehead atoms. The molecule has 4 rings (SSSR count). The van der Waals surface area contributed by atoms with E-state index in [1.807, 2.05) is 17.2 Å². The van der Waals surface area contributed by atoms with Gasteiger partial charge in [0.15, 0.2) is 0 Å². The molecule has 194 valence electrons. The van der Waals surface area contributed by atoms with Gasteiger partial charge in [0, 0.05) is 34.1 Å². The van der Waals surface area contributed by atoms with Crippen molar-refractivity contribution in [3.63, 3.8) is 0 Å². The van der Waals surface area contributed by atoms with Crippen molar-refractivity contribution in [1.29, 1.82) is 0 Å². The predicted molar refractivity (Wildman–Crippen MR) is 148 cm³/mol. The average molecular weight is 642 g/mol. The summed E-state index contributed by atoms with van der Waals surface area (Å²) in [4.78, 5) is 31.9. The maximum Gasteiger partial charge on any atom is 0.408 e.